The number of benzene rings is 1. The first kappa shape index (κ1) is 11.4. The van der Waals surface area contributed by atoms with E-state index in [2.05, 4.69) is 15.5 Å². The fourth-order valence-electron chi connectivity index (χ4n) is 2.02. The minimum atomic E-state index is -0.135. The van der Waals surface area contributed by atoms with E-state index in [0.717, 1.165) is 24.2 Å². The molecular weight excluding hydrogens is 230 g/mol. The second-order valence-corrected chi connectivity index (χ2v) is 4.33. The van der Waals surface area contributed by atoms with Gasteiger partial charge in [-0.05, 0) is 12.5 Å². The summed E-state index contributed by atoms with van der Waals surface area (Å²) in [7, 11) is 0. The summed E-state index contributed by atoms with van der Waals surface area (Å²) in [6.45, 7) is 4.29. The van der Waals surface area contributed by atoms with E-state index in [1.807, 2.05) is 31.2 Å². The summed E-state index contributed by atoms with van der Waals surface area (Å²) in [5.41, 5.74) is 2.13. The number of ether oxygens (including phenoxy) is 1. The summed E-state index contributed by atoms with van der Waals surface area (Å²) in [6, 6.07) is 7.99. The van der Waals surface area contributed by atoms with Crippen LogP contribution in [0.2, 0.25) is 0 Å². The van der Waals surface area contributed by atoms with E-state index >= 15 is 0 Å². The first-order valence-corrected chi connectivity index (χ1v) is 6.06. The molecule has 0 saturated carbocycles. The van der Waals surface area contributed by atoms with Gasteiger partial charge in [0.2, 0.25) is 5.82 Å². The molecule has 5 nitrogen and oxygen atoms in total. The van der Waals surface area contributed by atoms with Gasteiger partial charge < -0.3 is 14.6 Å². The normalized spacial score (nSPS) is 19.9. The smallest absolute Gasteiger partial charge is 0.257 e. The lowest BCUT2D eigenvalue weighted by Gasteiger charge is -2.19. The van der Waals surface area contributed by atoms with Gasteiger partial charge in [-0.3, -0.25) is 0 Å². The van der Waals surface area contributed by atoms with E-state index in [9.17, 15) is 0 Å². The second kappa shape index (κ2) is 4.88. The van der Waals surface area contributed by atoms with E-state index in [0.29, 0.717) is 18.3 Å². The van der Waals surface area contributed by atoms with Crippen LogP contribution in [0.25, 0.3) is 11.4 Å². The van der Waals surface area contributed by atoms with Crippen LogP contribution >= 0.6 is 0 Å². The lowest BCUT2D eigenvalue weighted by Crippen LogP contribution is -2.33. The lowest BCUT2D eigenvalue weighted by molar-refractivity contribution is 0.00755. The first-order chi connectivity index (χ1) is 8.84. The summed E-state index contributed by atoms with van der Waals surface area (Å²) in [6.07, 6.45) is -0.135. The molecule has 1 aromatic heterocycles. The van der Waals surface area contributed by atoms with Crippen LogP contribution in [0.15, 0.2) is 28.8 Å². The zero-order valence-electron chi connectivity index (χ0n) is 10.2. The Morgan fingerprint density at radius 1 is 1.33 bits per heavy atom. The summed E-state index contributed by atoms with van der Waals surface area (Å²) in [4.78, 5) is 4.42. The van der Waals surface area contributed by atoms with Crippen molar-refractivity contribution in [2.45, 2.75) is 13.0 Å². The largest absolute Gasteiger partial charge is 0.366 e. The molecule has 0 bridgehead atoms. The first-order valence-electron chi connectivity index (χ1n) is 6.06. The van der Waals surface area contributed by atoms with Crippen molar-refractivity contribution in [2.24, 2.45) is 0 Å². The SMILES string of the molecule is Cc1ccccc1-c1noc(C2CNCCO2)n1. The van der Waals surface area contributed by atoms with Crippen molar-refractivity contribution >= 4 is 0 Å². The van der Waals surface area contributed by atoms with Crippen LogP contribution in [0.3, 0.4) is 0 Å². The fraction of sp³-hybridized carbons (Fsp3) is 0.385. The topological polar surface area (TPSA) is 60.2 Å². The van der Waals surface area contributed by atoms with E-state index in [1.165, 1.54) is 0 Å². The molecule has 1 saturated heterocycles. The third-order valence-electron chi connectivity index (χ3n) is 3.03. The van der Waals surface area contributed by atoms with Crippen LogP contribution in [0, 0.1) is 6.92 Å². The highest BCUT2D eigenvalue weighted by atomic mass is 16.5. The van der Waals surface area contributed by atoms with Gasteiger partial charge in [0.25, 0.3) is 5.89 Å². The highest BCUT2D eigenvalue weighted by molar-refractivity contribution is 5.58. The Morgan fingerprint density at radius 3 is 3.00 bits per heavy atom. The standard InChI is InChI=1S/C13H15N3O2/c1-9-4-2-3-5-10(9)12-15-13(18-16-12)11-8-14-6-7-17-11/h2-5,11,14H,6-8H2,1H3. The van der Waals surface area contributed by atoms with Crippen molar-refractivity contribution in [2.75, 3.05) is 19.7 Å². The minimum Gasteiger partial charge on any atom is -0.366 e. The Kier molecular flexibility index (Phi) is 3.08. The molecule has 5 heteroatoms. The zero-order valence-corrected chi connectivity index (χ0v) is 10.2. The maximum Gasteiger partial charge on any atom is 0.257 e. The molecule has 1 N–H and O–H groups in total. The van der Waals surface area contributed by atoms with E-state index < -0.39 is 0 Å². The Balaban J connectivity index is 1.87. The van der Waals surface area contributed by atoms with Gasteiger partial charge in [0.15, 0.2) is 0 Å². The van der Waals surface area contributed by atoms with Crippen LogP contribution in [-0.2, 0) is 4.74 Å². The number of nitrogens with zero attached hydrogens (tertiary/aromatic N) is 2. The van der Waals surface area contributed by atoms with Crippen LogP contribution in [-0.4, -0.2) is 29.8 Å². The van der Waals surface area contributed by atoms with Crippen molar-refractivity contribution in [3.63, 3.8) is 0 Å². The molecule has 0 spiro atoms. The molecule has 3 rings (SSSR count). The number of nitrogens with one attached hydrogen (secondary N) is 1. The van der Waals surface area contributed by atoms with Crippen molar-refractivity contribution < 1.29 is 9.26 Å². The van der Waals surface area contributed by atoms with Gasteiger partial charge in [-0.15, -0.1) is 0 Å². The third kappa shape index (κ3) is 2.14. The number of aromatic nitrogens is 2. The van der Waals surface area contributed by atoms with Gasteiger partial charge in [-0.2, -0.15) is 4.98 Å². The summed E-state index contributed by atoms with van der Waals surface area (Å²) in [5, 5.41) is 7.27. The number of morpholine rings is 1. The predicted octanol–water partition coefficient (Wildman–Crippen LogP) is 1.71. The van der Waals surface area contributed by atoms with Crippen molar-refractivity contribution in [3.8, 4) is 11.4 Å². The molecule has 94 valence electrons. The quantitative estimate of drug-likeness (QED) is 0.872. The summed E-state index contributed by atoms with van der Waals surface area (Å²) < 4.78 is 10.9. The average molecular weight is 245 g/mol. The minimum absolute atomic E-state index is 0.135. The van der Waals surface area contributed by atoms with Gasteiger partial charge in [0, 0.05) is 18.7 Å². The molecule has 2 heterocycles. The maximum atomic E-state index is 5.58. The molecule has 1 fully saturated rings. The van der Waals surface area contributed by atoms with Gasteiger partial charge in [-0.25, -0.2) is 0 Å². The van der Waals surface area contributed by atoms with Crippen molar-refractivity contribution in [3.05, 3.63) is 35.7 Å². The molecular formula is C13H15N3O2. The lowest BCUT2D eigenvalue weighted by atomic mass is 10.1. The molecule has 18 heavy (non-hydrogen) atoms. The van der Waals surface area contributed by atoms with Gasteiger partial charge in [-0.1, -0.05) is 29.4 Å². The van der Waals surface area contributed by atoms with Crippen LogP contribution in [0.4, 0.5) is 0 Å². The van der Waals surface area contributed by atoms with Crippen molar-refractivity contribution in [1.82, 2.24) is 15.5 Å². The zero-order chi connectivity index (χ0) is 12.4. The van der Waals surface area contributed by atoms with Crippen LogP contribution in [0.5, 0.6) is 0 Å². The van der Waals surface area contributed by atoms with Gasteiger partial charge in [0.05, 0.1) is 6.61 Å². The summed E-state index contributed by atoms with van der Waals surface area (Å²) in [5.74, 6) is 1.16. The Bertz CT molecular complexity index is 533. The molecule has 1 aromatic carbocycles. The number of hydrogen-bond donors (Lipinski definition) is 1. The second-order valence-electron chi connectivity index (χ2n) is 4.33. The van der Waals surface area contributed by atoms with Crippen molar-refractivity contribution in [1.29, 1.82) is 0 Å². The molecule has 2 aromatic rings. The monoisotopic (exact) mass is 245 g/mol. The molecule has 0 amide bonds. The molecule has 1 atom stereocenters. The van der Waals surface area contributed by atoms with Gasteiger partial charge >= 0.3 is 0 Å². The average Bonchev–Trinajstić information content (AvgIpc) is 2.90. The molecule has 1 unspecified atom stereocenters. The summed E-state index contributed by atoms with van der Waals surface area (Å²) >= 11 is 0. The Hall–Kier alpha value is -1.72. The third-order valence-corrected chi connectivity index (χ3v) is 3.03. The molecule has 1 aliphatic heterocycles. The van der Waals surface area contributed by atoms with E-state index in [4.69, 9.17) is 9.26 Å². The highest BCUT2D eigenvalue weighted by Gasteiger charge is 2.22. The van der Waals surface area contributed by atoms with Gasteiger partial charge in [0.1, 0.15) is 6.10 Å². The number of hydrogen-bond acceptors (Lipinski definition) is 5. The fourth-order valence-corrected chi connectivity index (χ4v) is 2.02. The maximum absolute atomic E-state index is 5.58. The van der Waals surface area contributed by atoms with E-state index in [1.54, 1.807) is 0 Å². The highest BCUT2D eigenvalue weighted by Crippen LogP contribution is 2.23. The molecule has 0 aliphatic carbocycles. The molecule has 0 radical (unpaired) electrons. The Labute approximate surface area is 105 Å². The van der Waals surface area contributed by atoms with E-state index in [-0.39, 0.29) is 6.10 Å². The Morgan fingerprint density at radius 2 is 2.22 bits per heavy atom. The number of aryl methyl sites for hydroxylation is 1. The predicted molar refractivity (Wildman–Crippen MR) is 66.0 cm³/mol. The molecule has 1 aliphatic rings. The number of rotatable bonds is 2. The van der Waals surface area contributed by atoms with Crippen LogP contribution in [0.1, 0.15) is 17.6 Å². The van der Waals surface area contributed by atoms with Crippen LogP contribution < -0.4 is 5.32 Å².